The fourth-order valence-electron chi connectivity index (χ4n) is 3.97. The van der Waals surface area contributed by atoms with E-state index in [1.54, 1.807) is 0 Å². The van der Waals surface area contributed by atoms with Crippen molar-refractivity contribution >= 4 is 11.6 Å². The van der Waals surface area contributed by atoms with Gasteiger partial charge in [0.25, 0.3) is 0 Å². The first-order valence-electron chi connectivity index (χ1n) is 10.5. The van der Waals surface area contributed by atoms with Crippen LogP contribution in [0.3, 0.4) is 0 Å². The van der Waals surface area contributed by atoms with E-state index >= 15 is 0 Å². The van der Waals surface area contributed by atoms with E-state index in [-0.39, 0.29) is 24.0 Å². The van der Waals surface area contributed by atoms with Crippen molar-refractivity contribution in [1.29, 1.82) is 0 Å². The summed E-state index contributed by atoms with van der Waals surface area (Å²) in [5, 5.41) is 3.09. The van der Waals surface area contributed by atoms with Gasteiger partial charge in [-0.2, -0.15) is 0 Å². The van der Waals surface area contributed by atoms with Gasteiger partial charge in [0.05, 0.1) is 12.2 Å². The fourth-order valence-corrected chi connectivity index (χ4v) is 3.97. The van der Waals surface area contributed by atoms with Crippen LogP contribution in [0.15, 0.2) is 30.3 Å². The topological polar surface area (TPSA) is 54.5 Å². The molecule has 3 rings (SSSR count). The number of benzene rings is 1. The zero-order chi connectivity index (χ0) is 21.1. The van der Waals surface area contributed by atoms with E-state index in [9.17, 15) is 4.79 Å². The lowest BCUT2D eigenvalue weighted by molar-refractivity contribution is -0.124. The molecule has 2 heterocycles. The smallest absolute Gasteiger partial charge is 0.222 e. The van der Waals surface area contributed by atoms with Crippen molar-refractivity contribution in [3.05, 3.63) is 47.3 Å². The van der Waals surface area contributed by atoms with E-state index in [0.29, 0.717) is 6.54 Å². The Morgan fingerprint density at radius 2 is 1.76 bits per heavy atom. The number of anilines is 1. The third-order valence-corrected chi connectivity index (χ3v) is 5.24. The monoisotopic (exact) mass is 395 g/mol. The highest BCUT2D eigenvalue weighted by Gasteiger charge is 2.23. The van der Waals surface area contributed by atoms with Gasteiger partial charge in [0.1, 0.15) is 0 Å². The molecule has 2 unspecified atom stereocenters. The van der Waals surface area contributed by atoms with Gasteiger partial charge in [-0.05, 0) is 68.7 Å². The van der Waals surface area contributed by atoms with Crippen LogP contribution in [0.5, 0.6) is 0 Å². The molecule has 1 aromatic heterocycles. The van der Waals surface area contributed by atoms with Crippen molar-refractivity contribution in [3.8, 4) is 11.1 Å². The molecule has 1 aliphatic heterocycles. The highest BCUT2D eigenvalue weighted by Crippen LogP contribution is 2.30. The third kappa shape index (κ3) is 5.36. The largest absolute Gasteiger partial charge is 0.372 e. The predicted molar refractivity (Wildman–Crippen MR) is 118 cm³/mol. The summed E-state index contributed by atoms with van der Waals surface area (Å²) in [6.45, 7) is 14.3. The summed E-state index contributed by atoms with van der Waals surface area (Å²) >= 11 is 0. The Morgan fingerprint density at radius 1 is 1.14 bits per heavy atom. The molecule has 1 amide bonds. The highest BCUT2D eigenvalue weighted by molar-refractivity contribution is 5.78. The number of ether oxygens (including phenoxy) is 1. The molecule has 0 aliphatic carbocycles. The van der Waals surface area contributed by atoms with E-state index < -0.39 is 0 Å². The van der Waals surface area contributed by atoms with Crippen LogP contribution in [0.1, 0.15) is 44.6 Å². The van der Waals surface area contributed by atoms with Crippen LogP contribution in [-0.4, -0.2) is 36.2 Å². The number of hydrogen-bond donors (Lipinski definition) is 1. The number of nitrogens with one attached hydrogen (secondary N) is 1. The van der Waals surface area contributed by atoms with E-state index in [4.69, 9.17) is 4.74 Å². The lowest BCUT2D eigenvalue weighted by atomic mass is 9.97. The first-order valence-corrected chi connectivity index (χ1v) is 10.5. The molecular weight excluding hydrogens is 362 g/mol. The molecule has 1 aliphatic rings. The van der Waals surface area contributed by atoms with Crippen LogP contribution in [0.2, 0.25) is 0 Å². The Hall–Kier alpha value is -2.40. The standard InChI is InChI=1S/C24H33N3O2/c1-15(2)24(28)25-12-21-11-22(27-13-18(5)29-19(6)14-27)7-8-23(21)20-9-16(3)26-17(4)10-20/h7-11,15,18-19H,12-14H2,1-6H3,(H,25,28). The molecule has 29 heavy (non-hydrogen) atoms. The minimum Gasteiger partial charge on any atom is -0.372 e. The maximum atomic E-state index is 12.2. The molecule has 2 aromatic rings. The summed E-state index contributed by atoms with van der Waals surface area (Å²) in [7, 11) is 0. The molecule has 1 N–H and O–H groups in total. The zero-order valence-corrected chi connectivity index (χ0v) is 18.5. The molecule has 156 valence electrons. The highest BCUT2D eigenvalue weighted by atomic mass is 16.5. The minimum atomic E-state index is -0.0343. The lowest BCUT2D eigenvalue weighted by Gasteiger charge is -2.37. The molecule has 1 saturated heterocycles. The van der Waals surface area contributed by atoms with E-state index in [1.165, 1.54) is 5.69 Å². The summed E-state index contributed by atoms with van der Waals surface area (Å²) < 4.78 is 5.89. The summed E-state index contributed by atoms with van der Waals surface area (Å²) in [5.41, 5.74) is 6.56. The zero-order valence-electron chi connectivity index (χ0n) is 18.5. The normalized spacial score (nSPS) is 19.5. The van der Waals surface area contributed by atoms with Crippen LogP contribution in [0, 0.1) is 19.8 Å². The molecule has 0 bridgehead atoms. The quantitative estimate of drug-likeness (QED) is 0.822. The first kappa shape index (κ1) is 21.3. The second-order valence-electron chi connectivity index (χ2n) is 8.51. The summed E-state index contributed by atoms with van der Waals surface area (Å²) in [4.78, 5) is 19.1. The number of amides is 1. The Labute approximate surface area is 174 Å². The van der Waals surface area contributed by atoms with Gasteiger partial charge in [0.15, 0.2) is 0 Å². The number of rotatable bonds is 5. The number of morpholine rings is 1. The van der Waals surface area contributed by atoms with Gasteiger partial charge in [-0.3, -0.25) is 9.78 Å². The van der Waals surface area contributed by atoms with E-state index in [2.05, 4.69) is 59.4 Å². The van der Waals surface area contributed by atoms with Crippen molar-refractivity contribution in [1.82, 2.24) is 10.3 Å². The summed E-state index contributed by atoms with van der Waals surface area (Å²) in [6.07, 6.45) is 0.404. The first-order chi connectivity index (χ1) is 13.7. The summed E-state index contributed by atoms with van der Waals surface area (Å²) in [6, 6.07) is 10.8. The van der Waals surface area contributed by atoms with Crippen LogP contribution in [-0.2, 0) is 16.1 Å². The number of aryl methyl sites for hydroxylation is 2. The van der Waals surface area contributed by atoms with Gasteiger partial charge in [-0.25, -0.2) is 0 Å². The number of carbonyl (C=O) groups is 1. The number of hydrogen-bond acceptors (Lipinski definition) is 4. The van der Waals surface area contributed by atoms with Crippen molar-refractivity contribution < 1.29 is 9.53 Å². The molecule has 1 aromatic carbocycles. The Morgan fingerprint density at radius 3 is 2.34 bits per heavy atom. The van der Waals surface area contributed by atoms with E-state index in [0.717, 1.165) is 41.2 Å². The maximum Gasteiger partial charge on any atom is 0.222 e. The molecule has 5 heteroatoms. The lowest BCUT2D eigenvalue weighted by Crippen LogP contribution is -2.45. The van der Waals surface area contributed by atoms with Crippen LogP contribution in [0.4, 0.5) is 5.69 Å². The molecule has 1 fully saturated rings. The van der Waals surface area contributed by atoms with Gasteiger partial charge in [0.2, 0.25) is 5.91 Å². The average Bonchev–Trinajstić information content (AvgIpc) is 2.64. The number of aromatic nitrogens is 1. The van der Waals surface area contributed by atoms with E-state index in [1.807, 2.05) is 27.7 Å². The molecule has 0 radical (unpaired) electrons. The Balaban J connectivity index is 1.97. The molecular formula is C24H33N3O2. The second kappa shape index (κ2) is 8.95. The van der Waals surface area contributed by atoms with Crippen molar-refractivity contribution in [2.45, 2.75) is 60.3 Å². The third-order valence-electron chi connectivity index (χ3n) is 5.24. The Kier molecular flexibility index (Phi) is 6.58. The van der Waals surface area contributed by atoms with Crippen LogP contribution < -0.4 is 10.2 Å². The van der Waals surface area contributed by atoms with Crippen molar-refractivity contribution in [2.75, 3.05) is 18.0 Å². The average molecular weight is 396 g/mol. The van der Waals surface area contributed by atoms with Gasteiger partial charge in [0, 0.05) is 42.6 Å². The maximum absolute atomic E-state index is 12.2. The van der Waals surface area contributed by atoms with Gasteiger partial charge in [-0.1, -0.05) is 19.9 Å². The van der Waals surface area contributed by atoms with Crippen LogP contribution in [0.25, 0.3) is 11.1 Å². The second-order valence-corrected chi connectivity index (χ2v) is 8.51. The minimum absolute atomic E-state index is 0.0343. The fraction of sp³-hybridized carbons (Fsp3) is 0.500. The van der Waals surface area contributed by atoms with Crippen molar-refractivity contribution in [3.63, 3.8) is 0 Å². The number of pyridine rings is 1. The Bertz CT molecular complexity index is 848. The van der Waals surface area contributed by atoms with Crippen LogP contribution >= 0.6 is 0 Å². The predicted octanol–water partition coefficient (Wildman–Crippen LogP) is 4.25. The molecule has 0 saturated carbocycles. The molecule has 2 atom stereocenters. The van der Waals surface area contributed by atoms with Crippen molar-refractivity contribution in [2.24, 2.45) is 5.92 Å². The SMILES string of the molecule is Cc1cc(-c2ccc(N3CC(C)OC(C)C3)cc2CNC(=O)C(C)C)cc(C)n1. The van der Waals surface area contributed by atoms with Gasteiger partial charge < -0.3 is 15.0 Å². The number of nitrogens with zero attached hydrogens (tertiary/aromatic N) is 2. The van der Waals surface area contributed by atoms with Gasteiger partial charge >= 0.3 is 0 Å². The van der Waals surface area contributed by atoms with Gasteiger partial charge in [-0.15, -0.1) is 0 Å². The molecule has 5 nitrogen and oxygen atoms in total. The molecule has 0 spiro atoms. The summed E-state index contributed by atoms with van der Waals surface area (Å²) in [5.74, 6) is 0.0325. The number of carbonyl (C=O) groups excluding carboxylic acids is 1.